The summed E-state index contributed by atoms with van der Waals surface area (Å²) < 4.78 is 42.8. The number of rotatable bonds is 10. The van der Waals surface area contributed by atoms with Crippen molar-refractivity contribution in [3.8, 4) is 11.5 Å². The Kier molecular flexibility index (Phi) is 7.83. The Morgan fingerprint density at radius 2 is 1.65 bits per heavy atom. The third-order valence-electron chi connectivity index (χ3n) is 6.72. The first-order valence-electron chi connectivity index (χ1n) is 12.0. The van der Waals surface area contributed by atoms with Gasteiger partial charge in [-0.2, -0.15) is 0 Å². The Balaban J connectivity index is 1.77. The maximum Gasteiger partial charge on any atom is 0.346 e. The molecule has 3 aromatic carbocycles. The Bertz CT molecular complexity index is 1260. The zero-order valence-electron chi connectivity index (χ0n) is 20.4. The fourth-order valence-electron chi connectivity index (χ4n) is 4.79. The van der Waals surface area contributed by atoms with Crippen molar-refractivity contribution in [3.05, 3.63) is 94.8 Å². The molecule has 0 saturated heterocycles. The van der Waals surface area contributed by atoms with Gasteiger partial charge in [0.1, 0.15) is 5.75 Å². The number of esters is 1. The number of aliphatic carboxylic acids is 1. The van der Waals surface area contributed by atoms with Gasteiger partial charge in [0.05, 0.1) is 0 Å². The molecule has 0 spiro atoms. The number of hydrogen-bond donors (Lipinski definition) is 1. The highest BCUT2D eigenvalue weighted by Crippen LogP contribution is 2.53. The van der Waals surface area contributed by atoms with E-state index in [9.17, 15) is 19.1 Å². The van der Waals surface area contributed by atoms with Crippen molar-refractivity contribution in [1.29, 1.82) is 0 Å². The van der Waals surface area contributed by atoms with Crippen LogP contribution in [-0.4, -0.2) is 28.8 Å². The lowest BCUT2D eigenvalue weighted by molar-refractivity contribution is -0.176. The number of para-hydroxylation sites is 1. The van der Waals surface area contributed by atoms with Gasteiger partial charge in [0.25, 0.3) is 5.67 Å². The van der Waals surface area contributed by atoms with Crippen LogP contribution >= 0.6 is 11.6 Å². The van der Waals surface area contributed by atoms with Crippen LogP contribution in [-0.2, 0) is 14.3 Å². The van der Waals surface area contributed by atoms with Crippen molar-refractivity contribution in [3.63, 3.8) is 0 Å². The molecule has 0 aromatic heterocycles. The highest BCUT2D eigenvalue weighted by Gasteiger charge is 2.61. The third kappa shape index (κ3) is 5.77. The molecule has 1 saturated carbocycles. The summed E-state index contributed by atoms with van der Waals surface area (Å²) in [6, 6.07) is 18.8. The van der Waals surface area contributed by atoms with Crippen molar-refractivity contribution >= 4 is 23.5 Å². The number of carboxylic acids is 1. The van der Waals surface area contributed by atoms with Gasteiger partial charge in [0, 0.05) is 23.8 Å². The molecule has 1 fully saturated rings. The molecular weight excluding hydrogens is 502 g/mol. The van der Waals surface area contributed by atoms with Gasteiger partial charge in [-0.25, -0.2) is 13.6 Å². The first-order chi connectivity index (χ1) is 17.6. The van der Waals surface area contributed by atoms with Crippen LogP contribution in [0.5, 0.6) is 11.5 Å². The van der Waals surface area contributed by atoms with Gasteiger partial charge in [0.15, 0.2) is 17.7 Å². The largest absolute Gasteiger partial charge is 0.479 e. The lowest BCUT2D eigenvalue weighted by Crippen LogP contribution is -2.54. The number of halogens is 3. The van der Waals surface area contributed by atoms with Crippen LogP contribution in [0.3, 0.4) is 0 Å². The standard InChI is InChI=1S/C29H27ClF2O5/c1-17(21-12-15-24(31)25(16-21)37-23-6-4-3-5-7-23)27(36-18(2)33)29(32,28(34)35)26(19-8-9-19)20-10-13-22(30)14-11-20/h3-7,10-17,19,26-27H,8-9H2,1-2H3,(H,34,35)/t17?,26?,27-,29-/m0/s1. The molecule has 194 valence electrons. The summed E-state index contributed by atoms with van der Waals surface area (Å²) in [4.78, 5) is 24.8. The van der Waals surface area contributed by atoms with E-state index >= 15 is 4.39 Å². The number of ether oxygens (including phenoxy) is 2. The molecule has 1 aliphatic rings. The molecule has 0 amide bonds. The molecule has 4 atom stereocenters. The first-order valence-corrected chi connectivity index (χ1v) is 12.4. The molecule has 0 radical (unpaired) electrons. The number of carbonyl (C=O) groups is 2. The SMILES string of the molecule is CC(=O)O[C@@H](C(C)c1ccc(F)c(Oc2ccccc2)c1)[C@](F)(C(=O)O)C(c1ccc(Cl)cc1)C1CC1. The van der Waals surface area contributed by atoms with E-state index in [-0.39, 0.29) is 11.7 Å². The molecule has 8 heteroatoms. The number of carboxylic acid groups (broad SMARTS) is 1. The fraction of sp³-hybridized carbons (Fsp3) is 0.310. The van der Waals surface area contributed by atoms with Crippen LogP contribution in [0.4, 0.5) is 8.78 Å². The van der Waals surface area contributed by atoms with Crippen molar-refractivity contribution in [2.45, 2.75) is 50.3 Å². The van der Waals surface area contributed by atoms with E-state index in [1.54, 1.807) is 61.5 Å². The zero-order valence-corrected chi connectivity index (χ0v) is 21.1. The van der Waals surface area contributed by atoms with E-state index in [0.717, 1.165) is 13.0 Å². The summed E-state index contributed by atoms with van der Waals surface area (Å²) in [7, 11) is 0. The lowest BCUT2D eigenvalue weighted by atomic mass is 9.72. The van der Waals surface area contributed by atoms with Gasteiger partial charge in [-0.15, -0.1) is 0 Å². The van der Waals surface area contributed by atoms with Gasteiger partial charge >= 0.3 is 11.9 Å². The second-order valence-electron chi connectivity index (χ2n) is 9.36. The van der Waals surface area contributed by atoms with Crippen LogP contribution < -0.4 is 4.74 Å². The average molecular weight is 529 g/mol. The van der Waals surface area contributed by atoms with Crippen LogP contribution in [0.1, 0.15) is 49.7 Å². The molecule has 3 aromatic rings. The first kappa shape index (κ1) is 26.6. The molecule has 2 unspecified atom stereocenters. The van der Waals surface area contributed by atoms with E-state index in [4.69, 9.17) is 21.1 Å². The highest BCUT2D eigenvalue weighted by atomic mass is 35.5. The van der Waals surface area contributed by atoms with Crippen molar-refractivity contribution in [1.82, 2.24) is 0 Å². The minimum Gasteiger partial charge on any atom is -0.479 e. The van der Waals surface area contributed by atoms with Crippen LogP contribution in [0, 0.1) is 11.7 Å². The van der Waals surface area contributed by atoms with E-state index in [1.807, 2.05) is 0 Å². The molecule has 0 bridgehead atoms. The summed E-state index contributed by atoms with van der Waals surface area (Å²) >= 11 is 6.01. The van der Waals surface area contributed by atoms with E-state index in [0.29, 0.717) is 34.7 Å². The fourth-order valence-corrected chi connectivity index (χ4v) is 4.92. The maximum absolute atomic E-state index is 17.1. The molecule has 37 heavy (non-hydrogen) atoms. The normalized spacial score (nSPS) is 17.2. The molecule has 0 heterocycles. The van der Waals surface area contributed by atoms with Crippen molar-refractivity contribution in [2.75, 3.05) is 0 Å². The van der Waals surface area contributed by atoms with E-state index in [1.165, 1.54) is 12.1 Å². The van der Waals surface area contributed by atoms with Crippen LogP contribution in [0.2, 0.25) is 5.02 Å². The predicted octanol–water partition coefficient (Wildman–Crippen LogP) is 7.29. The quantitative estimate of drug-likeness (QED) is 0.280. The van der Waals surface area contributed by atoms with Crippen molar-refractivity contribution < 1.29 is 33.0 Å². The average Bonchev–Trinajstić information content (AvgIpc) is 3.70. The summed E-state index contributed by atoms with van der Waals surface area (Å²) in [5, 5.41) is 10.7. The number of carbonyl (C=O) groups excluding carboxylic acids is 1. The highest BCUT2D eigenvalue weighted by molar-refractivity contribution is 6.30. The van der Waals surface area contributed by atoms with Gasteiger partial charge in [-0.1, -0.05) is 54.9 Å². The monoisotopic (exact) mass is 528 g/mol. The molecule has 0 aliphatic heterocycles. The van der Waals surface area contributed by atoms with E-state index in [2.05, 4.69) is 0 Å². The molecule has 5 nitrogen and oxygen atoms in total. The van der Waals surface area contributed by atoms with Gasteiger partial charge in [0.2, 0.25) is 0 Å². The number of benzene rings is 3. The summed E-state index contributed by atoms with van der Waals surface area (Å²) in [5.41, 5.74) is -2.17. The maximum atomic E-state index is 17.1. The van der Waals surface area contributed by atoms with Crippen LogP contribution in [0.15, 0.2) is 72.8 Å². The molecule has 1 aliphatic carbocycles. The van der Waals surface area contributed by atoms with E-state index < -0.39 is 41.4 Å². The topological polar surface area (TPSA) is 72.8 Å². The van der Waals surface area contributed by atoms with Gasteiger partial charge < -0.3 is 14.6 Å². The minimum atomic E-state index is -2.98. The molecular formula is C29H27ClF2O5. The summed E-state index contributed by atoms with van der Waals surface area (Å²) in [5.74, 6) is -5.23. The minimum absolute atomic E-state index is 0.117. The summed E-state index contributed by atoms with van der Waals surface area (Å²) in [6.07, 6.45) is -0.434. The smallest absolute Gasteiger partial charge is 0.346 e. The van der Waals surface area contributed by atoms with Gasteiger partial charge in [-0.05, 0) is 66.3 Å². The Morgan fingerprint density at radius 3 is 2.22 bits per heavy atom. The number of hydrogen-bond acceptors (Lipinski definition) is 4. The molecule has 4 rings (SSSR count). The summed E-state index contributed by atoms with van der Waals surface area (Å²) in [6.45, 7) is 2.65. The lowest BCUT2D eigenvalue weighted by Gasteiger charge is -2.39. The third-order valence-corrected chi connectivity index (χ3v) is 6.97. The van der Waals surface area contributed by atoms with Crippen LogP contribution in [0.25, 0.3) is 0 Å². The van der Waals surface area contributed by atoms with Gasteiger partial charge in [-0.3, -0.25) is 4.79 Å². The second-order valence-corrected chi connectivity index (χ2v) is 9.80. The predicted molar refractivity (Wildman–Crippen MR) is 135 cm³/mol. The van der Waals surface area contributed by atoms with Crippen molar-refractivity contribution in [2.24, 2.45) is 5.92 Å². The second kappa shape index (κ2) is 10.9. The Morgan fingerprint density at radius 1 is 1.03 bits per heavy atom. The zero-order chi connectivity index (χ0) is 26.7. The molecule has 1 N–H and O–H groups in total. The Labute approximate surface area is 219 Å². The Hall–Kier alpha value is -3.45. The number of alkyl halides is 1.